The SMILES string of the molecule is CC(C)c1nc(N(C)S(C)(=O)=O)nc(-c2ccc(F)cc2)c1/C=C/C(=O)C[C@H](O)CC(=O)O. The van der Waals surface area contributed by atoms with Gasteiger partial charge in [0.1, 0.15) is 5.82 Å². The Hall–Kier alpha value is -3.18. The number of halogens is 1. The van der Waals surface area contributed by atoms with E-state index in [0.29, 0.717) is 16.8 Å². The second kappa shape index (κ2) is 10.6. The van der Waals surface area contributed by atoms with E-state index in [0.717, 1.165) is 10.6 Å². The number of ketones is 1. The number of hydrogen-bond donors (Lipinski definition) is 2. The second-order valence-electron chi connectivity index (χ2n) is 7.82. The van der Waals surface area contributed by atoms with E-state index in [-0.39, 0.29) is 24.0 Å². The molecular weight excluding hydrogens is 453 g/mol. The first-order valence-electron chi connectivity index (χ1n) is 10.0. The third kappa shape index (κ3) is 7.16. The number of nitrogens with zero attached hydrogens (tertiary/aromatic N) is 3. The molecule has 0 radical (unpaired) electrons. The molecule has 0 aliphatic carbocycles. The fourth-order valence-electron chi connectivity index (χ4n) is 2.95. The minimum atomic E-state index is -3.67. The van der Waals surface area contributed by atoms with Crippen LogP contribution in [0.2, 0.25) is 0 Å². The van der Waals surface area contributed by atoms with Gasteiger partial charge >= 0.3 is 5.97 Å². The lowest BCUT2D eigenvalue weighted by atomic mass is 9.97. The molecule has 0 spiro atoms. The predicted octanol–water partition coefficient (Wildman–Crippen LogP) is 2.61. The van der Waals surface area contributed by atoms with Crippen LogP contribution in [-0.4, -0.2) is 59.8 Å². The summed E-state index contributed by atoms with van der Waals surface area (Å²) in [4.78, 5) is 31.7. The van der Waals surface area contributed by atoms with Crippen LogP contribution in [0.1, 0.15) is 43.9 Å². The van der Waals surface area contributed by atoms with Crippen LogP contribution in [-0.2, 0) is 19.6 Å². The predicted molar refractivity (Wildman–Crippen MR) is 122 cm³/mol. The maximum Gasteiger partial charge on any atom is 0.305 e. The smallest absolute Gasteiger partial charge is 0.305 e. The first-order chi connectivity index (χ1) is 15.3. The number of carbonyl (C=O) groups excluding carboxylic acids is 1. The highest BCUT2D eigenvalue weighted by Crippen LogP contribution is 2.31. The van der Waals surface area contributed by atoms with Gasteiger partial charge in [0.2, 0.25) is 16.0 Å². The fourth-order valence-corrected chi connectivity index (χ4v) is 3.32. The number of carbonyl (C=O) groups is 2. The Morgan fingerprint density at radius 3 is 2.27 bits per heavy atom. The molecule has 2 aromatic rings. The molecule has 1 heterocycles. The van der Waals surface area contributed by atoms with Crippen LogP contribution in [0.15, 0.2) is 30.3 Å². The minimum Gasteiger partial charge on any atom is -0.481 e. The lowest BCUT2D eigenvalue weighted by Gasteiger charge is -2.20. The van der Waals surface area contributed by atoms with Crippen molar-refractivity contribution in [3.63, 3.8) is 0 Å². The van der Waals surface area contributed by atoms with E-state index in [1.54, 1.807) is 0 Å². The average molecular weight is 480 g/mol. The molecule has 1 aromatic heterocycles. The quantitative estimate of drug-likeness (QED) is 0.496. The Bertz CT molecular complexity index is 1160. The lowest BCUT2D eigenvalue weighted by molar-refractivity contribution is -0.139. The molecule has 0 amide bonds. The van der Waals surface area contributed by atoms with Gasteiger partial charge in [0.25, 0.3) is 0 Å². The zero-order valence-corrected chi connectivity index (χ0v) is 19.5. The van der Waals surface area contributed by atoms with Gasteiger partial charge in [-0.2, -0.15) is 0 Å². The van der Waals surface area contributed by atoms with Crippen LogP contribution in [0.25, 0.3) is 17.3 Å². The molecule has 1 atom stereocenters. The summed E-state index contributed by atoms with van der Waals surface area (Å²) < 4.78 is 38.5. The number of aromatic nitrogens is 2. The number of rotatable bonds is 10. The Labute approximate surface area is 191 Å². The number of allylic oxidation sites excluding steroid dienone is 1. The van der Waals surface area contributed by atoms with Crippen molar-refractivity contribution in [3.05, 3.63) is 47.4 Å². The van der Waals surface area contributed by atoms with Crippen LogP contribution < -0.4 is 4.31 Å². The van der Waals surface area contributed by atoms with Gasteiger partial charge in [-0.05, 0) is 42.3 Å². The van der Waals surface area contributed by atoms with Crippen LogP contribution in [0, 0.1) is 5.82 Å². The number of aliphatic hydroxyl groups is 1. The molecule has 2 N–H and O–H groups in total. The molecule has 0 saturated carbocycles. The second-order valence-corrected chi connectivity index (χ2v) is 9.83. The molecule has 11 heteroatoms. The first kappa shape index (κ1) is 26.1. The minimum absolute atomic E-state index is 0.0825. The summed E-state index contributed by atoms with van der Waals surface area (Å²) in [6.45, 7) is 3.66. The Kier molecular flexibility index (Phi) is 8.39. The van der Waals surface area contributed by atoms with Crippen LogP contribution in [0.5, 0.6) is 0 Å². The molecule has 0 unspecified atom stereocenters. The van der Waals surface area contributed by atoms with Gasteiger partial charge in [0.15, 0.2) is 5.78 Å². The van der Waals surface area contributed by atoms with Crippen molar-refractivity contribution in [3.8, 4) is 11.3 Å². The van der Waals surface area contributed by atoms with Crippen molar-refractivity contribution in [1.82, 2.24) is 9.97 Å². The van der Waals surface area contributed by atoms with Gasteiger partial charge in [-0.25, -0.2) is 27.1 Å². The van der Waals surface area contributed by atoms with Crippen LogP contribution in [0.4, 0.5) is 10.3 Å². The largest absolute Gasteiger partial charge is 0.481 e. The summed E-state index contributed by atoms with van der Waals surface area (Å²) >= 11 is 0. The molecule has 33 heavy (non-hydrogen) atoms. The number of carboxylic acids is 1. The van der Waals surface area contributed by atoms with E-state index in [9.17, 15) is 27.5 Å². The third-order valence-corrected chi connectivity index (χ3v) is 5.85. The summed E-state index contributed by atoms with van der Waals surface area (Å²) in [5, 5.41) is 18.4. The van der Waals surface area contributed by atoms with Gasteiger partial charge in [0.05, 0.1) is 30.2 Å². The van der Waals surface area contributed by atoms with Gasteiger partial charge in [-0.3, -0.25) is 9.59 Å². The molecule has 9 nitrogen and oxygen atoms in total. The zero-order chi connectivity index (χ0) is 24.9. The van der Waals surface area contributed by atoms with E-state index in [4.69, 9.17) is 5.11 Å². The van der Waals surface area contributed by atoms with Crippen LogP contribution >= 0.6 is 0 Å². The summed E-state index contributed by atoms with van der Waals surface area (Å²) in [6.07, 6.45) is 1.35. The summed E-state index contributed by atoms with van der Waals surface area (Å²) in [7, 11) is -2.35. The molecule has 0 aliphatic heterocycles. The number of benzene rings is 1. The summed E-state index contributed by atoms with van der Waals surface area (Å²) in [5.41, 5.74) is 1.63. The Balaban J connectivity index is 2.62. The molecule has 0 bridgehead atoms. The topological polar surface area (TPSA) is 138 Å². The maximum atomic E-state index is 13.5. The highest BCUT2D eigenvalue weighted by atomic mass is 32.2. The molecule has 0 fully saturated rings. The van der Waals surface area contributed by atoms with Crippen molar-refractivity contribution >= 4 is 33.8 Å². The third-order valence-electron chi connectivity index (χ3n) is 4.69. The Morgan fingerprint density at radius 1 is 1.15 bits per heavy atom. The number of aliphatic carboxylic acids is 1. The first-order valence-corrected chi connectivity index (χ1v) is 11.9. The Morgan fingerprint density at radius 2 is 1.76 bits per heavy atom. The van der Waals surface area contributed by atoms with E-state index in [1.165, 1.54) is 43.5 Å². The molecule has 0 aliphatic rings. The number of sulfonamides is 1. The molecular formula is C22H26FN3O6S. The normalized spacial score (nSPS) is 12.8. The van der Waals surface area contributed by atoms with Crippen molar-refractivity contribution in [2.45, 2.75) is 38.7 Å². The van der Waals surface area contributed by atoms with E-state index < -0.39 is 40.1 Å². The average Bonchev–Trinajstić information content (AvgIpc) is 2.70. The van der Waals surface area contributed by atoms with Gasteiger partial charge in [-0.15, -0.1) is 0 Å². The van der Waals surface area contributed by atoms with Gasteiger partial charge < -0.3 is 10.2 Å². The van der Waals surface area contributed by atoms with Crippen molar-refractivity contribution in [2.75, 3.05) is 17.6 Å². The highest BCUT2D eigenvalue weighted by molar-refractivity contribution is 7.92. The van der Waals surface area contributed by atoms with Gasteiger partial charge in [0, 0.05) is 24.6 Å². The number of anilines is 1. The van der Waals surface area contributed by atoms with E-state index in [1.807, 2.05) is 13.8 Å². The van der Waals surface area contributed by atoms with E-state index in [2.05, 4.69) is 9.97 Å². The maximum absolute atomic E-state index is 13.5. The fraction of sp³-hybridized carbons (Fsp3) is 0.364. The lowest BCUT2D eigenvalue weighted by Crippen LogP contribution is -2.27. The van der Waals surface area contributed by atoms with E-state index >= 15 is 0 Å². The van der Waals surface area contributed by atoms with Crippen LogP contribution in [0.3, 0.4) is 0 Å². The molecule has 1 aromatic carbocycles. The van der Waals surface area contributed by atoms with Crippen molar-refractivity contribution in [1.29, 1.82) is 0 Å². The van der Waals surface area contributed by atoms with Crippen molar-refractivity contribution < 1.29 is 32.6 Å². The van der Waals surface area contributed by atoms with Gasteiger partial charge in [-0.1, -0.05) is 13.8 Å². The zero-order valence-electron chi connectivity index (χ0n) is 18.7. The molecule has 178 valence electrons. The van der Waals surface area contributed by atoms with Crippen molar-refractivity contribution in [2.24, 2.45) is 0 Å². The number of hydrogen-bond acceptors (Lipinski definition) is 7. The standard InChI is InChI=1S/C22H26FN3O6S/c1-13(2)20-18(10-9-16(27)11-17(28)12-19(29)30)21(14-5-7-15(23)8-6-14)25-22(24-20)26(3)33(4,31)32/h5-10,13,17,28H,11-12H2,1-4H3,(H,29,30)/b10-9+/t17-/m0/s1. The highest BCUT2D eigenvalue weighted by Gasteiger charge is 2.22. The molecule has 2 rings (SSSR count). The monoisotopic (exact) mass is 479 g/mol. The molecule has 0 saturated heterocycles. The summed E-state index contributed by atoms with van der Waals surface area (Å²) in [6, 6.07) is 5.41. The summed E-state index contributed by atoms with van der Waals surface area (Å²) in [5.74, 6) is -2.49. The number of aliphatic hydroxyl groups excluding tert-OH is 1. The number of carboxylic acid groups (broad SMARTS) is 1.